The summed E-state index contributed by atoms with van der Waals surface area (Å²) in [5.41, 5.74) is 6.05. The summed E-state index contributed by atoms with van der Waals surface area (Å²) in [6.07, 6.45) is 3.13. The average molecular weight is 639 g/mol. The summed E-state index contributed by atoms with van der Waals surface area (Å²) < 4.78 is 10.8. The Bertz CT molecular complexity index is 1050. The van der Waals surface area contributed by atoms with E-state index >= 15 is 0 Å². The van der Waals surface area contributed by atoms with Gasteiger partial charge in [0.05, 0.1) is 26.0 Å². The monoisotopic (exact) mass is 637 g/mol. The zero-order valence-electron chi connectivity index (χ0n) is 24.6. The molecular weight excluding hydrogens is 593 g/mol. The molecule has 2 amide bonds. The Labute approximate surface area is 262 Å². The summed E-state index contributed by atoms with van der Waals surface area (Å²) in [6, 6.07) is 2.82. The summed E-state index contributed by atoms with van der Waals surface area (Å²) in [5.74, 6) is 1.19. The van der Waals surface area contributed by atoms with Crippen LogP contribution in [0, 0.1) is 5.92 Å². The zero-order chi connectivity index (χ0) is 27.7. The Hall–Kier alpha value is -2.15. The fourth-order valence-electron chi connectivity index (χ4n) is 4.17. The molecule has 3 heterocycles. The molecule has 4 N–H and O–H groups in total. The van der Waals surface area contributed by atoms with Crippen molar-refractivity contribution in [1.82, 2.24) is 25.1 Å². The highest BCUT2D eigenvalue weighted by Crippen LogP contribution is 2.24. The van der Waals surface area contributed by atoms with Crippen molar-refractivity contribution in [3.63, 3.8) is 0 Å². The third-order valence-electron chi connectivity index (χ3n) is 6.26. The van der Waals surface area contributed by atoms with Gasteiger partial charge in [0.25, 0.3) is 5.91 Å². The van der Waals surface area contributed by atoms with E-state index in [-0.39, 0.29) is 72.5 Å². The highest BCUT2D eigenvalue weighted by Gasteiger charge is 2.32. The van der Waals surface area contributed by atoms with Crippen molar-refractivity contribution in [3.05, 3.63) is 41.7 Å². The molecule has 14 heteroatoms. The number of morpholine rings is 1. The van der Waals surface area contributed by atoms with Crippen LogP contribution in [-0.2, 0) is 21.5 Å². The Morgan fingerprint density at radius 1 is 1.17 bits per heavy atom. The van der Waals surface area contributed by atoms with Crippen LogP contribution in [0.25, 0.3) is 0 Å². The first-order valence-corrected chi connectivity index (χ1v) is 13.3. The van der Waals surface area contributed by atoms with Gasteiger partial charge in [-0.1, -0.05) is 34.6 Å². The number of hydrogen-bond acceptors (Lipinski definition) is 9. The molecule has 0 saturated carbocycles. The van der Waals surface area contributed by atoms with Crippen LogP contribution in [-0.4, -0.2) is 90.1 Å². The fourth-order valence-corrected chi connectivity index (χ4v) is 4.17. The topological polar surface area (TPSA) is 139 Å². The highest BCUT2D eigenvalue weighted by atomic mass is 35.5. The lowest BCUT2D eigenvalue weighted by Crippen LogP contribution is -2.55. The number of furan rings is 1. The van der Waals surface area contributed by atoms with E-state index in [1.165, 1.54) is 6.20 Å². The molecule has 0 aliphatic carbocycles. The average Bonchev–Trinajstić information content (AvgIpc) is 3.40. The fraction of sp³-hybridized carbons (Fsp3) is 0.630. The standard InChI is InChI=1S/C27H43N7O4.3ClH/c1-19(2)18-34(22(15-28)24(35)29-8-9-33-10-13-37-14-11-33)25(36)21-17-31-26(27(3,4)5)32-23(21)30-16-20-7-6-12-38-20;;;/h6-7,12,17,19,22H,8-11,13-16,18,28H2,1-5H3,(H,29,35)(H,30,31,32);3*1H/t22-;;;/m0.../s1. The van der Waals surface area contributed by atoms with Gasteiger partial charge >= 0.3 is 0 Å². The van der Waals surface area contributed by atoms with E-state index in [1.807, 2.05) is 40.7 Å². The van der Waals surface area contributed by atoms with Gasteiger partial charge in [0.15, 0.2) is 0 Å². The minimum Gasteiger partial charge on any atom is -0.467 e. The molecule has 0 bridgehead atoms. The number of carbonyl (C=O) groups is 2. The molecule has 2 aromatic rings. The Morgan fingerprint density at radius 3 is 2.41 bits per heavy atom. The lowest BCUT2D eigenvalue weighted by molar-refractivity contribution is -0.125. The van der Waals surface area contributed by atoms with Gasteiger partial charge in [0, 0.05) is 50.9 Å². The molecule has 0 radical (unpaired) electrons. The summed E-state index contributed by atoms with van der Waals surface area (Å²) in [7, 11) is 0. The number of ether oxygens (including phenoxy) is 1. The van der Waals surface area contributed by atoms with Gasteiger partial charge in [0.2, 0.25) is 5.91 Å². The number of nitrogens with two attached hydrogens (primary N) is 1. The van der Waals surface area contributed by atoms with Gasteiger partial charge < -0.3 is 30.4 Å². The van der Waals surface area contributed by atoms with Gasteiger partial charge in [-0.05, 0) is 18.1 Å². The minimum atomic E-state index is -0.824. The molecule has 41 heavy (non-hydrogen) atoms. The predicted molar refractivity (Wildman–Crippen MR) is 167 cm³/mol. The van der Waals surface area contributed by atoms with Crippen molar-refractivity contribution in [2.45, 2.75) is 52.6 Å². The normalized spacial score (nSPS) is 14.2. The molecule has 1 aliphatic rings. The zero-order valence-corrected chi connectivity index (χ0v) is 27.0. The SMILES string of the molecule is CC(C)CN(C(=O)c1cnc(C(C)(C)C)nc1NCc1ccco1)[C@@H](CN)C(=O)NCCN1CCOCC1.Cl.Cl.Cl. The first-order valence-electron chi connectivity index (χ1n) is 13.3. The van der Waals surface area contributed by atoms with Crippen molar-refractivity contribution in [2.75, 3.05) is 57.8 Å². The Balaban J connectivity index is 0.00000533. The lowest BCUT2D eigenvalue weighted by Gasteiger charge is -2.32. The number of nitrogens with one attached hydrogen (secondary N) is 2. The second kappa shape index (κ2) is 18.4. The number of hydrogen-bond donors (Lipinski definition) is 3. The molecule has 11 nitrogen and oxygen atoms in total. The van der Waals surface area contributed by atoms with E-state index in [1.54, 1.807) is 17.2 Å². The number of anilines is 1. The smallest absolute Gasteiger partial charge is 0.259 e. The second-order valence-corrected chi connectivity index (χ2v) is 11.0. The largest absolute Gasteiger partial charge is 0.467 e. The van der Waals surface area contributed by atoms with Gasteiger partial charge in [-0.15, -0.1) is 37.2 Å². The Kier molecular flexibility index (Phi) is 17.4. The van der Waals surface area contributed by atoms with Crippen LogP contribution in [0.15, 0.2) is 29.0 Å². The van der Waals surface area contributed by atoms with E-state index in [0.717, 1.165) is 13.1 Å². The summed E-state index contributed by atoms with van der Waals surface area (Å²) in [5, 5.41) is 6.21. The number of aromatic nitrogens is 2. The van der Waals surface area contributed by atoms with E-state index in [2.05, 4.69) is 20.5 Å². The number of carbonyl (C=O) groups excluding carboxylic acids is 2. The molecule has 0 unspecified atom stereocenters. The van der Waals surface area contributed by atoms with E-state index in [4.69, 9.17) is 19.9 Å². The van der Waals surface area contributed by atoms with Crippen LogP contribution in [0.5, 0.6) is 0 Å². The molecule has 1 atom stereocenters. The van der Waals surface area contributed by atoms with Crippen LogP contribution in [0.2, 0.25) is 0 Å². The quantitative estimate of drug-likeness (QED) is 0.320. The maximum absolute atomic E-state index is 14.0. The van der Waals surface area contributed by atoms with Crippen molar-refractivity contribution < 1.29 is 18.7 Å². The summed E-state index contributed by atoms with van der Waals surface area (Å²) in [4.78, 5) is 40.2. The maximum Gasteiger partial charge on any atom is 0.259 e. The van der Waals surface area contributed by atoms with E-state index < -0.39 is 6.04 Å². The number of halogens is 3. The molecular formula is C27H46Cl3N7O4. The molecule has 0 spiro atoms. The second-order valence-electron chi connectivity index (χ2n) is 11.0. The van der Waals surface area contributed by atoms with Gasteiger partial charge in [-0.25, -0.2) is 9.97 Å². The first kappa shape index (κ1) is 38.9. The van der Waals surface area contributed by atoms with Crippen LogP contribution >= 0.6 is 37.2 Å². The number of rotatable bonds is 12. The molecule has 1 saturated heterocycles. The third kappa shape index (κ3) is 11.6. The Morgan fingerprint density at radius 2 is 1.85 bits per heavy atom. The van der Waals surface area contributed by atoms with Gasteiger partial charge in [-0.3, -0.25) is 14.5 Å². The molecule has 234 valence electrons. The van der Waals surface area contributed by atoms with Crippen molar-refractivity contribution in [2.24, 2.45) is 11.7 Å². The number of nitrogens with zero attached hydrogens (tertiary/aromatic N) is 4. The molecule has 0 aromatic carbocycles. The van der Waals surface area contributed by atoms with Gasteiger partial charge in [0.1, 0.15) is 29.0 Å². The summed E-state index contributed by atoms with van der Waals surface area (Å²) >= 11 is 0. The van der Waals surface area contributed by atoms with Crippen LogP contribution in [0.3, 0.4) is 0 Å². The van der Waals surface area contributed by atoms with Crippen LogP contribution < -0.4 is 16.4 Å². The first-order chi connectivity index (χ1) is 18.1. The lowest BCUT2D eigenvalue weighted by atomic mass is 9.95. The highest BCUT2D eigenvalue weighted by molar-refractivity contribution is 6.01. The van der Waals surface area contributed by atoms with E-state index in [9.17, 15) is 9.59 Å². The minimum absolute atomic E-state index is 0. The van der Waals surface area contributed by atoms with Gasteiger partial charge in [-0.2, -0.15) is 0 Å². The molecule has 1 aliphatic heterocycles. The van der Waals surface area contributed by atoms with Crippen molar-refractivity contribution in [3.8, 4) is 0 Å². The third-order valence-corrected chi connectivity index (χ3v) is 6.26. The maximum atomic E-state index is 14.0. The summed E-state index contributed by atoms with van der Waals surface area (Å²) in [6.45, 7) is 15.0. The number of amides is 2. The molecule has 2 aromatic heterocycles. The van der Waals surface area contributed by atoms with E-state index in [0.29, 0.717) is 56.8 Å². The predicted octanol–water partition coefficient (Wildman–Crippen LogP) is 3.12. The van der Waals surface area contributed by atoms with Crippen LogP contribution in [0.4, 0.5) is 5.82 Å². The van der Waals surface area contributed by atoms with Crippen molar-refractivity contribution >= 4 is 54.9 Å². The van der Waals surface area contributed by atoms with Crippen molar-refractivity contribution in [1.29, 1.82) is 0 Å². The molecule has 1 fully saturated rings. The van der Waals surface area contributed by atoms with Crippen LogP contribution in [0.1, 0.15) is 56.6 Å². The molecule has 3 rings (SSSR count).